The fraction of sp³-hybridized carbons (Fsp3) is 0.569. The zero-order valence-corrected chi connectivity index (χ0v) is 43.0. The number of carboxylic acids is 1. The van der Waals surface area contributed by atoms with Crippen LogP contribution in [0.4, 0.5) is 0 Å². The van der Waals surface area contributed by atoms with Crippen molar-refractivity contribution in [1.29, 1.82) is 0 Å². The molecule has 0 saturated heterocycles. The van der Waals surface area contributed by atoms with Crippen molar-refractivity contribution in [3.8, 4) is 0 Å². The normalized spacial score (nSPS) is 14.6. The van der Waals surface area contributed by atoms with Gasteiger partial charge in [-0.05, 0) is 67.4 Å². The molecule has 8 unspecified atom stereocenters. The summed E-state index contributed by atoms with van der Waals surface area (Å²) in [5.41, 5.74) is 12.6. The number of carbonyl (C=O) groups is 10. The fourth-order valence-electron chi connectivity index (χ4n) is 7.38. The first kappa shape index (κ1) is 61.2. The molecule has 0 fully saturated rings. The van der Waals surface area contributed by atoms with Crippen LogP contribution in [-0.4, -0.2) is 119 Å². The van der Waals surface area contributed by atoms with Crippen molar-refractivity contribution < 1.29 is 53.1 Å². The summed E-state index contributed by atoms with van der Waals surface area (Å²) < 4.78 is 0. The Kier molecular flexibility index (Phi) is 26.1. The second-order valence-electron chi connectivity index (χ2n) is 19.8. The van der Waals surface area contributed by atoms with Gasteiger partial charge in [-0.1, -0.05) is 116 Å². The lowest BCUT2D eigenvalue weighted by atomic mass is 9.99. The molecular weight excluding hydrogens is 929 g/mol. The number of carboxylic acid groups (broad SMARTS) is 1. The third-order valence-corrected chi connectivity index (χ3v) is 11.4. The first-order chi connectivity index (χ1) is 33.8. The van der Waals surface area contributed by atoms with Crippen LogP contribution in [0, 0.1) is 23.7 Å². The van der Waals surface area contributed by atoms with Crippen molar-refractivity contribution in [2.45, 2.75) is 156 Å². The number of nitrogens with two attached hydrogens (primary N) is 2. The number of nitrogens with one attached hydrogen (secondary N) is 8. The van der Waals surface area contributed by atoms with E-state index in [-0.39, 0.29) is 68.6 Å². The van der Waals surface area contributed by atoms with Gasteiger partial charge in [-0.3, -0.25) is 43.2 Å². The third-order valence-electron chi connectivity index (χ3n) is 11.4. The van der Waals surface area contributed by atoms with E-state index in [1.807, 2.05) is 41.5 Å². The van der Waals surface area contributed by atoms with Gasteiger partial charge in [0.05, 0.1) is 12.6 Å². The maximum Gasteiger partial charge on any atom is 0.326 e. The molecule has 8 atom stereocenters. The molecule has 21 nitrogen and oxygen atoms in total. The van der Waals surface area contributed by atoms with Gasteiger partial charge in [0.25, 0.3) is 0 Å². The minimum Gasteiger partial charge on any atom is -0.480 e. The fourth-order valence-corrected chi connectivity index (χ4v) is 7.38. The topological polar surface area (TPSA) is 339 Å². The summed E-state index contributed by atoms with van der Waals surface area (Å²) in [7, 11) is 0. The van der Waals surface area contributed by atoms with E-state index in [0.717, 1.165) is 0 Å². The molecule has 2 aromatic rings. The lowest BCUT2D eigenvalue weighted by molar-refractivity contribution is -0.143. The molecule has 21 heteroatoms. The summed E-state index contributed by atoms with van der Waals surface area (Å²) >= 11 is 0. The molecule has 398 valence electrons. The van der Waals surface area contributed by atoms with E-state index < -0.39 is 114 Å². The summed E-state index contributed by atoms with van der Waals surface area (Å²) in [6.45, 7) is 15.1. The summed E-state index contributed by atoms with van der Waals surface area (Å²) in [5, 5.41) is 30.5. The van der Waals surface area contributed by atoms with Crippen LogP contribution in [0.15, 0.2) is 60.7 Å². The maximum absolute atomic E-state index is 14.2. The number of carbonyl (C=O) groups excluding carboxylic acids is 9. The molecule has 0 heterocycles. The molecule has 0 saturated carbocycles. The van der Waals surface area contributed by atoms with Crippen LogP contribution in [0.3, 0.4) is 0 Å². The van der Waals surface area contributed by atoms with Crippen molar-refractivity contribution in [2.75, 3.05) is 6.54 Å². The van der Waals surface area contributed by atoms with Crippen molar-refractivity contribution in [2.24, 2.45) is 35.1 Å². The minimum absolute atomic E-state index is 0.0274. The van der Waals surface area contributed by atoms with Gasteiger partial charge in [-0.2, -0.15) is 0 Å². The Balaban J connectivity index is 2.30. The third kappa shape index (κ3) is 22.9. The van der Waals surface area contributed by atoms with Crippen molar-refractivity contribution >= 4 is 59.1 Å². The van der Waals surface area contributed by atoms with E-state index in [1.165, 1.54) is 6.92 Å². The Bertz CT molecular complexity index is 2140. The molecule has 0 bridgehead atoms. The standard InChI is InChI=1S/C51H78N10O11/c1-28(2)22-36(47(67)61-40(51(71)72)24-30(5)6)58-49(69)39(26-34-18-14-11-15-19-34)59-48(68)38(25-33-16-12-10-13-17-33)56-42(63)27-54-44(64)32(9)55-45(65)35(20-21-41(52)62)57-46(66)37(23-29(3)4)60-50(70)43(53)31(7)8/h10-19,28-32,35-40,43H,20-27,53H2,1-9H3,(H2,52,62)(H,54,64)(H,55,65)(H,56,63)(H,57,66)(H,58,69)(H,59,68)(H,60,70)(H,61,67)(H,71,72). The number of amides is 9. The van der Waals surface area contributed by atoms with Crippen LogP contribution in [0.5, 0.6) is 0 Å². The average Bonchev–Trinajstić information content (AvgIpc) is 3.30. The molecule has 0 aromatic heterocycles. The summed E-state index contributed by atoms with van der Waals surface area (Å²) in [6, 6.07) is 7.87. The average molecular weight is 1010 g/mol. The summed E-state index contributed by atoms with van der Waals surface area (Å²) in [5.74, 6) is -8.42. The molecule has 2 aromatic carbocycles. The number of benzene rings is 2. The molecule has 13 N–H and O–H groups in total. The molecule has 0 spiro atoms. The smallest absolute Gasteiger partial charge is 0.326 e. The van der Waals surface area contributed by atoms with Crippen LogP contribution in [0.1, 0.15) is 106 Å². The minimum atomic E-state index is -1.36. The van der Waals surface area contributed by atoms with Crippen LogP contribution in [0.25, 0.3) is 0 Å². The highest BCUT2D eigenvalue weighted by Gasteiger charge is 2.34. The van der Waals surface area contributed by atoms with Crippen LogP contribution >= 0.6 is 0 Å². The predicted molar refractivity (Wildman–Crippen MR) is 270 cm³/mol. The molecule has 0 aliphatic carbocycles. The first-order valence-corrected chi connectivity index (χ1v) is 24.5. The summed E-state index contributed by atoms with van der Waals surface area (Å²) in [6.07, 6.45) is -0.121. The SMILES string of the molecule is CC(C)CC(NC(=O)C(CC(C)C)NC(=O)C(Cc1ccccc1)NC(=O)C(Cc1ccccc1)NC(=O)CNC(=O)C(C)NC(=O)C(CCC(N)=O)NC(=O)C(CC(C)C)NC(=O)C(N)C(C)C)C(=O)O. The molecule has 9 amide bonds. The largest absolute Gasteiger partial charge is 0.480 e. The zero-order valence-electron chi connectivity index (χ0n) is 43.0. The first-order valence-electron chi connectivity index (χ1n) is 24.5. The number of primary amides is 1. The van der Waals surface area contributed by atoms with Gasteiger partial charge in [0, 0.05) is 19.3 Å². The maximum atomic E-state index is 14.2. The summed E-state index contributed by atoms with van der Waals surface area (Å²) in [4.78, 5) is 132. The van der Waals surface area contributed by atoms with Gasteiger partial charge in [-0.25, -0.2) is 4.79 Å². The monoisotopic (exact) mass is 1010 g/mol. The highest BCUT2D eigenvalue weighted by Crippen LogP contribution is 2.13. The number of aliphatic carboxylic acids is 1. The number of rotatable bonds is 31. The lowest BCUT2D eigenvalue weighted by Crippen LogP contribution is -2.59. The molecule has 72 heavy (non-hydrogen) atoms. The van der Waals surface area contributed by atoms with Gasteiger partial charge in [0.2, 0.25) is 53.2 Å². The molecular formula is C51H78N10O11. The highest BCUT2D eigenvalue weighted by molar-refractivity contribution is 5.97. The molecule has 0 radical (unpaired) electrons. The molecule has 0 aliphatic rings. The number of hydrogen-bond donors (Lipinski definition) is 11. The zero-order chi connectivity index (χ0) is 54.2. The predicted octanol–water partition coefficient (Wildman–Crippen LogP) is 0.473. The van der Waals surface area contributed by atoms with E-state index >= 15 is 0 Å². The van der Waals surface area contributed by atoms with Gasteiger partial charge in [0.1, 0.15) is 42.3 Å². The van der Waals surface area contributed by atoms with Crippen molar-refractivity contribution in [3.63, 3.8) is 0 Å². The van der Waals surface area contributed by atoms with Crippen molar-refractivity contribution in [3.05, 3.63) is 71.8 Å². The van der Waals surface area contributed by atoms with Gasteiger partial charge >= 0.3 is 5.97 Å². The van der Waals surface area contributed by atoms with Gasteiger partial charge < -0.3 is 59.1 Å². The Labute approximate surface area is 422 Å². The quantitative estimate of drug-likeness (QED) is 0.0491. The van der Waals surface area contributed by atoms with Crippen LogP contribution in [-0.2, 0) is 60.8 Å². The van der Waals surface area contributed by atoms with E-state index in [9.17, 15) is 53.1 Å². The second kappa shape index (κ2) is 30.8. The Hall–Kier alpha value is -6.90. The Morgan fingerprint density at radius 3 is 1.28 bits per heavy atom. The molecule has 2 rings (SSSR count). The van der Waals surface area contributed by atoms with E-state index in [4.69, 9.17) is 11.5 Å². The second-order valence-corrected chi connectivity index (χ2v) is 19.8. The van der Waals surface area contributed by atoms with Crippen LogP contribution < -0.4 is 54.0 Å². The van der Waals surface area contributed by atoms with E-state index in [1.54, 1.807) is 74.5 Å². The van der Waals surface area contributed by atoms with E-state index in [2.05, 4.69) is 42.5 Å². The van der Waals surface area contributed by atoms with Gasteiger partial charge in [-0.15, -0.1) is 0 Å². The van der Waals surface area contributed by atoms with E-state index in [0.29, 0.717) is 11.1 Å². The highest BCUT2D eigenvalue weighted by atomic mass is 16.4. The number of hydrogen-bond acceptors (Lipinski definition) is 11. The lowest BCUT2D eigenvalue weighted by Gasteiger charge is -2.27. The van der Waals surface area contributed by atoms with Crippen LogP contribution in [0.2, 0.25) is 0 Å². The Morgan fingerprint density at radius 1 is 0.472 bits per heavy atom. The Morgan fingerprint density at radius 2 is 0.847 bits per heavy atom. The van der Waals surface area contributed by atoms with Gasteiger partial charge in [0.15, 0.2) is 0 Å². The molecule has 0 aliphatic heterocycles. The van der Waals surface area contributed by atoms with Crippen molar-refractivity contribution in [1.82, 2.24) is 42.5 Å².